The topological polar surface area (TPSA) is 76.0 Å². The largest absolute Gasteiger partial charge is 0.356 e. The Morgan fingerprint density at radius 3 is 2.71 bits per heavy atom. The van der Waals surface area contributed by atoms with E-state index in [0.29, 0.717) is 25.6 Å². The summed E-state index contributed by atoms with van der Waals surface area (Å²) in [6.45, 7) is 2.94. The van der Waals surface area contributed by atoms with Crippen molar-refractivity contribution in [3.63, 3.8) is 0 Å². The first-order valence-corrected chi connectivity index (χ1v) is 10.7. The van der Waals surface area contributed by atoms with Crippen molar-refractivity contribution >= 4 is 22.8 Å². The zero-order chi connectivity index (χ0) is 19.8. The number of hydrogen-bond acceptors (Lipinski definition) is 3. The zero-order valence-corrected chi connectivity index (χ0v) is 16.9. The molecule has 0 unspecified atom stereocenters. The summed E-state index contributed by atoms with van der Waals surface area (Å²) in [5.41, 5.74) is 1.91. The molecule has 28 heavy (non-hydrogen) atoms. The number of aromatic nitrogens is 2. The highest BCUT2D eigenvalue weighted by Gasteiger charge is 2.18. The Hall–Kier alpha value is -2.37. The molecule has 0 radical (unpaired) electrons. The first-order chi connectivity index (χ1) is 13.7. The summed E-state index contributed by atoms with van der Waals surface area (Å²) in [6.07, 6.45) is 8.82. The van der Waals surface area contributed by atoms with Crippen LogP contribution in [0.1, 0.15) is 64.1 Å². The molecule has 0 atom stereocenters. The number of rotatable bonds is 9. The minimum Gasteiger partial charge on any atom is -0.356 e. The van der Waals surface area contributed by atoms with Crippen LogP contribution < -0.4 is 10.6 Å². The maximum atomic E-state index is 12.6. The average Bonchev–Trinajstić information content (AvgIpc) is 3.04. The molecule has 1 saturated carbocycles. The van der Waals surface area contributed by atoms with Gasteiger partial charge in [0, 0.05) is 25.4 Å². The summed E-state index contributed by atoms with van der Waals surface area (Å²) in [5, 5.41) is 6.15. The van der Waals surface area contributed by atoms with Gasteiger partial charge in [-0.25, -0.2) is 4.98 Å². The molecule has 2 N–H and O–H groups in total. The normalized spacial score (nSPS) is 14.9. The summed E-state index contributed by atoms with van der Waals surface area (Å²) >= 11 is 0. The van der Waals surface area contributed by atoms with E-state index in [9.17, 15) is 9.59 Å². The summed E-state index contributed by atoms with van der Waals surface area (Å²) in [6, 6.07) is 8.26. The van der Waals surface area contributed by atoms with E-state index < -0.39 is 0 Å². The van der Waals surface area contributed by atoms with Crippen LogP contribution in [0.25, 0.3) is 11.0 Å². The molecule has 2 amide bonds. The second kappa shape index (κ2) is 10.2. The van der Waals surface area contributed by atoms with Crippen molar-refractivity contribution in [3.05, 3.63) is 30.1 Å². The molecule has 6 heteroatoms. The molecule has 0 aliphatic heterocycles. The van der Waals surface area contributed by atoms with Crippen molar-refractivity contribution in [1.82, 2.24) is 20.2 Å². The van der Waals surface area contributed by atoms with E-state index in [0.717, 1.165) is 49.0 Å². The molecule has 0 saturated heterocycles. The third kappa shape index (κ3) is 5.57. The summed E-state index contributed by atoms with van der Waals surface area (Å²) in [7, 11) is 0. The Morgan fingerprint density at radius 1 is 1.14 bits per heavy atom. The lowest BCUT2D eigenvalue weighted by molar-refractivity contribution is -0.122. The van der Waals surface area contributed by atoms with Crippen molar-refractivity contribution in [2.24, 2.45) is 0 Å². The lowest BCUT2D eigenvalue weighted by Crippen LogP contribution is -2.38. The van der Waals surface area contributed by atoms with Gasteiger partial charge in [-0.15, -0.1) is 0 Å². The van der Waals surface area contributed by atoms with Crippen molar-refractivity contribution in [2.45, 2.75) is 77.3 Å². The zero-order valence-electron chi connectivity index (χ0n) is 16.9. The van der Waals surface area contributed by atoms with Gasteiger partial charge >= 0.3 is 0 Å². The Kier molecular flexibility index (Phi) is 7.46. The minimum atomic E-state index is 0.0625. The second-order valence-electron chi connectivity index (χ2n) is 7.71. The van der Waals surface area contributed by atoms with Gasteiger partial charge in [-0.05, 0) is 37.8 Å². The maximum absolute atomic E-state index is 12.6. The van der Waals surface area contributed by atoms with Gasteiger partial charge in [0.2, 0.25) is 11.8 Å². The third-order valence-electron chi connectivity index (χ3n) is 5.38. The Morgan fingerprint density at radius 2 is 1.93 bits per heavy atom. The van der Waals surface area contributed by atoms with Crippen LogP contribution in [-0.2, 0) is 22.6 Å². The Balaban J connectivity index is 1.63. The molecule has 1 aromatic heterocycles. The van der Waals surface area contributed by atoms with Crippen LogP contribution in [0.4, 0.5) is 0 Å². The molecule has 0 bridgehead atoms. The highest BCUT2D eigenvalue weighted by atomic mass is 16.2. The molecule has 1 aromatic carbocycles. The van der Waals surface area contributed by atoms with Crippen LogP contribution in [-0.4, -0.2) is 34.0 Å². The number of nitrogens with one attached hydrogen (secondary N) is 2. The SMILES string of the molecule is CCCC(=O)NCCCc1nc2ccccc2n1CC(=O)NC1CCCCC1. The number of nitrogens with zero attached hydrogens (tertiary/aromatic N) is 2. The average molecular weight is 385 g/mol. The lowest BCUT2D eigenvalue weighted by Gasteiger charge is -2.23. The number of carbonyl (C=O) groups excluding carboxylic acids is 2. The molecular weight excluding hydrogens is 352 g/mol. The van der Waals surface area contributed by atoms with Crippen molar-refractivity contribution in [2.75, 3.05) is 6.54 Å². The van der Waals surface area contributed by atoms with Crippen LogP contribution in [0.2, 0.25) is 0 Å². The number of benzene rings is 1. The fourth-order valence-electron chi connectivity index (χ4n) is 3.95. The Labute approximate surface area is 167 Å². The standard InChI is InChI=1S/C22H32N4O2/c1-2-9-21(27)23-15-8-14-20-25-18-12-6-7-13-19(18)26(20)16-22(28)24-17-10-4-3-5-11-17/h6-7,12-13,17H,2-5,8-11,14-16H2,1H3,(H,23,27)(H,24,28). The predicted octanol–water partition coefficient (Wildman–Crippen LogP) is 3.33. The number of carbonyl (C=O) groups is 2. The van der Waals surface area contributed by atoms with Crippen LogP contribution in [0.5, 0.6) is 0 Å². The molecular formula is C22H32N4O2. The molecule has 1 aliphatic carbocycles. The number of para-hydroxylation sites is 2. The van der Waals surface area contributed by atoms with Gasteiger partial charge in [0.25, 0.3) is 0 Å². The van der Waals surface area contributed by atoms with Crippen LogP contribution in [0, 0.1) is 0 Å². The molecule has 1 heterocycles. The highest BCUT2D eigenvalue weighted by Crippen LogP contribution is 2.19. The van der Waals surface area contributed by atoms with Crippen molar-refractivity contribution in [1.29, 1.82) is 0 Å². The number of imidazole rings is 1. The summed E-state index contributed by atoms with van der Waals surface area (Å²) in [4.78, 5) is 29.0. The van der Waals surface area contributed by atoms with Crippen molar-refractivity contribution < 1.29 is 9.59 Å². The monoisotopic (exact) mass is 384 g/mol. The van der Waals surface area contributed by atoms with Crippen molar-refractivity contribution in [3.8, 4) is 0 Å². The molecule has 1 fully saturated rings. The predicted molar refractivity (Wildman–Crippen MR) is 111 cm³/mol. The molecule has 1 aliphatic rings. The number of amides is 2. The summed E-state index contributed by atoms with van der Waals surface area (Å²) in [5.74, 6) is 1.07. The van der Waals surface area contributed by atoms with Gasteiger partial charge in [-0.2, -0.15) is 0 Å². The lowest BCUT2D eigenvalue weighted by atomic mass is 9.95. The number of aryl methyl sites for hydroxylation is 1. The highest BCUT2D eigenvalue weighted by molar-refractivity contribution is 5.81. The molecule has 6 nitrogen and oxygen atoms in total. The maximum Gasteiger partial charge on any atom is 0.240 e. The molecule has 0 spiro atoms. The van der Waals surface area contributed by atoms with E-state index >= 15 is 0 Å². The third-order valence-corrected chi connectivity index (χ3v) is 5.38. The first kappa shape index (κ1) is 20.4. The number of hydrogen-bond donors (Lipinski definition) is 2. The van der Waals surface area contributed by atoms with E-state index in [1.807, 2.05) is 35.8 Å². The minimum absolute atomic E-state index is 0.0625. The Bertz CT molecular complexity index is 793. The van der Waals surface area contributed by atoms with E-state index in [-0.39, 0.29) is 11.8 Å². The van der Waals surface area contributed by atoms with Gasteiger partial charge in [-0.3, -0.25) is 9.59 Å². The van der Waals surface area contributed by atoms with E-state index in [1.165, 1.54) is 19.3 Å². The van der Waals surface area contributed by atoms with Gasteiger partial charge < -0.3 is 15.2 Å². The van der Waals surface area contributed by atoms with Crippen LogP contribution >= 0.6 is 0 Å². The second-order valence-corrected chi connectivity index (χ2v) is 7.71. The summed E-state index contributed by atoms with van der Waals surface area (Å²) < 4.78 is 2.03. The fraction of sp³-hybridized carbons (Fsp3) is 0.591. The van der Waals surface area contributed by atoms with Crippen LogP contribution in [0.15, 0.2) is 24.3 Å². The quantitative estimate of drug-likeness (QED) is 0.651. The van der Waals surface area contributed by atoms with E-state index in [2.05, 4.69) is 10.6 Å². The van der Waals surface area contributed by atoms with Gasteiger partial charge in [0.1, 0.15) is 12.4 Å². The van der Waals surface area contributed by atoms with Crippen LogP contribution in [0.3, 0.4) is 0 Å². The molecule has 2 aromatic rings. The van der Waals surface area contributed by atoms with E-state index in [4.69, 9.17) is 4.98 Å². The van der Waals surface area contributed by atoms with Gasteiger partial charge in [0.05, 0.1) is 11.0 Å². The first-order valence-electron chi connectivity index (χ1n) is 10.7. The fourth-order valence-corrected chi connectivity index (χ4v) is 3.95. The van der Waals surface area contributed by atoms with Gasteiger partial charge in [-0.1, -0.05) is 38.3 Å². The van der Waals surface area contributed by atoms with E-state index in [1.54, 1.807) is 0 Å². The number of fused-ring (bicyclic) bond motifs is 1. The molecule has 152 valence electrons. The van der Waals surface area contributed by atoms with Gasteiger partial charge in [0.15, 0.2) is 0 Å². The molecule has 3 rings (SSSR count). The smallest absolute Gasteiger partial charge is 0.240 e.